The van der Waals surface area contributed by atoms with Gasteiger partial charge in [-0.05, 0) is 36.8 Å². The number of aromatic nitrogens is 2. The predicted molar refractivity (Wildman–Crippen MR) is 122 cm³/mol. The minimum Gasteiger partial charge on any atom is -0.493 e. The average molecular weight is 434 g/mol. The van der Waals surface area contributed by atoms with Crippen molar-refractivity contribution in [1.29, 1.82) is 0 Å². The maximum absolute atomic E-state index is 6.05. The molecule has 5 rings (SSSR count). The van der Waals surface area contributed by atoms with Crippen molar-refractivity contribution in [3.63, 3.8) is 0 Å². The van der Waals surface area contributed by atoms with Gasteiger partial charge in [0.25, 0.3) is 0 Å². The van der Waals surface area contributed by atoms with Crippen LogP contribution in [-0.2, 0) is 4.74 Å². The van der Waals surface area contributed by atoms with E-state index in [0.29, 0.717) is 23.9 Å². The number of rotatable bonds is 8. The van der Waals surface area contributed by atoms with Crippen LogP contribution in [0.25, 0.3) is 22.2 Å². The Morgan fingerprint density at radius 1 is 1.09 bits per heavy atom. The van der Waals surface area contributed by atoms with Gasteiger partial charge in [-0.2, -0.15) is 0 Å². The Labute approximate surface area is 186 Å². The van der Waals surface area contributed by atoms with Gasteiger partial charge in [-0.1, -0.05) is 0 Å². The fourth-order valence-electron chi connectivity index (χ4n) is 3.95. The van der Waals surface area contributed by atoms with E-state index in [-0.39, 0.29) is 0 Å². The second kappa shape index (κ2) is 9.42. The molecule has 2 aliphatic heterocycles. The predicted octanol–water partition coefficient (Wildman–Crippen LogP) is 4.18. The van der Waals surface area contributed by atoms with E-state index in [4.69, 9.17) is 18.6 Å². The summed E-state index contributed by atoms with van der Waals surface area (Å²) < 4.78 is 22.7. The number of nitrogens with zero attached hydrogens (tertiary/aromatic N) is 3. The van der Waals surface area contributed by atoms with E-state index in [1.165, 1.54) is 0 Å². The maximum Gasteiger partial charge on any atom is 0.163 e. The third-order valence-corrected chi connectivity index (χ3v) is 5.63. The first-order valence-electron chi connectivity index (χ1n) is 10.8. The Hall–Kier alpha value is -3.36. The summed E-state index contributed by atoms with van der Waals surface area (Å²) in [7, 11) is 1.64. The molecule has 0 amide bonds. The number of morpholine rings is 1. The van der Waals surface area contributed by atoms with Crippen molar-refractivity contribution in [3.8, 4) is 22.8 Å². The van der Waals surface area contributed by atoms with Crippen LogP contribution in [0.3, 0.4) is 0 Å². The fraction of sp³-hybridized carbons (Fsp3) is 0.333. The van der Waals surface area contributed by atoms with Crippen molar-refractivity contribution in [2.24, 2.45) is 0 Å². The number of benzene rings is 1. The van der Waals surface area contributed by atoms with Crippen LogP contribution in [-0.4, -0.2) is 61.4 Å². The lowest BCUT2D eigenvalue weighted by Gasteiger charge is -2.26. The Bertz CT molecular complexity index is 1160. The van der Waals surface area contributed by atoms with Crippen LogP contribution in [0.1, 0.15) is 6.42 Å². The third-order valence-electron chi connectivity index (χ3n) is 5.63. The third kappa shape index (κ3) is 4.32. The molecule has 0 spiro atoms. The number of fused-ring (bicyclic) bond motifs is 2. The molecule has 1 aromatic carbocycles. The summed E-state index contributed by atoms with van der Waals surface area (Å²) in [5.41, 5.74) is 2.65. The van der Waals surface area contributed by atoms with E-state index in [2.05, 4.69) is 20.2 Å². The van der Waals surface area contributed by atoms with Crippen LogP contribution < -0.4 is 14.8 Å². The Morgan fingerprint density at radius 2 is 2.00 bits per heavy atom. The standard InChI is InChI=1S/C24H26N4O4/c1-29-21-14-18-20(15-22(21)31-11-3-7-28-8-12-30-13-9-28)25-16-26-24(18)27-19-6-5-17-4-2-10-32-23(17)19/h2,4-6,10,14-16H,3,7-9,11-13H2,1H3,(H,25,26,27). The van der Waals surface area contributed by atoms with Crippen molar-refractivity contribution in [2.45, 2.75) is 6.42 Å². The second-order valence-corrected chi connectivity index (χ2v) is 7.67. The van der Waals surface area contributed by atoms with Gasteiger partial charge in [0.05, 0.1) is 44.4 Å². The van der Waals surface area contributed by atoms with Gasteiger partial charge in [-0.3, -0.25) is 4.90 Å². The van der Waals surface area contributed by atoms with Gasteiger partial charge >= 0.3 is 0 Å². The fourth-order valence-corrected chi connectivity index (χ4v) is 3.95. The first-order chi connectivity index (χ1) is 15.8. The molecule has 0 atom stereocenters. The van der Waals surface area contributed by atoms with Crippen LogP contribution in [0.2, 0.25) is 0 Å². The summed E-state index contributed by atoms with van der Waals surface area (Å²) in [6.07, 6.45) is 4.14. The molecule has 1 N–H and O–H groups in total. The summed E-state index contributed by atoms with van der Waals surface area (Å²) in [4.78, 5) is 11.3. The molecule has 0 saturated carbocycles. The normalized spacial score (nSPS) is 14.7. The zero-order valence-electron chi connectivity index (χ0n) is 18.0. The number of anilines is 2. The van der Waals surface area contributed by atoms with Crippen LogP contribution >= 0.6 is 0 Å². The van der Waals surface area contributed by atoms with Gasteiger partial charge in [-0.15, -0.1) is 0 Å². The van der Waals surface area contributed by atoms with E-state index in [9.17, 15) is 0 Å². The van der Waals surface area contributed by atoms with E-state index in [1.54, 1.807) is 19.7 Å². The summed E-state index contributed by atoms with van der Waals surface area (Å²) in [5, 5.41) is 4.22. The van der Waals surface area contributed by atoms with Gasteiger partial charge in [0.15, 0.2) is 17.3 Å². The number of hydrogen-bond acceptors (Lipinski definition) is 8. The molecule has 166 valence electrons. The molecular formula is C24H26N4O4. The molecule has 1 aromatic heterocycles. The lowest BCUT2D eigenvalue weighted by Crippen LogP contribution is -2.37. The summed E-state index contributed by atoms with van der Waals surface area (Å²) in [5.74, 6) is 2.80. The van der Waals surface area contributed by atoms with Gasteiger partial charge in [0, 0.05) is 36.7 Å². The summed E-state index contributed by atoms with van der Waals surface area (Å²) >= 11 is 0. The van der Waals surface area contributed by atoms with Crippen molar-refractivity contribution >= 4 is 22.4 Å². The lowest BCUT2D eigenvalue weighted by molar-refractivity contribution is 0.0357. The topological polar surface area (TPSA) is 81.9 Å². The zero-order valence-corrected chi connectivity index (χ0v) is 18.0. The van der Waals surface area contributed by atoms with Gasteiger partial charge in [-0.25, -0.2) is 9.97 Å². The monoisotopic (exact) mass is 434 g/mol. The highest BCUT2D eigenvalue weighted by atomic mass is 16.5. The largest absolute Gasteiger partial charge is 0.493 e. The molecule has 8 nitrogen and oxygen atoms in total. The summed E-state index contributed by atoms with van der Waals surface area (Å²) in [6, 6.07) is 11.7. The highest BCUT2D eigenvalue weighted by Gasteiger charge is 2.16. The molecule has 0 unspecified atom stereocenters. The zero-order chi connectivity index (χ0) is 21.8. The Balaban J connectivity index is 1.33. The molecule has 0 bridgehead atoms. The average Bonchev–Trinajstić information content (AvgIpc) is 3.25. The number of hydrogen-bond donors (Lipinski definition) is 1. The van der Waals surface area contributed by atoms with Crippen LogP contribution in [0, 0.1) is 0 Å². The van der Waals surface area contributed by atoms with Crippen LogP contribution in [0.4, 0.5) is 11.5 Å². The number of methoxy groups -OCH3 is 1. The van der Waals surface area contributed by atoms with E-state index in [1.807, 2.05) is 36.4 Å². The summed E-state index contributed by atoms with van der Waals surface area (Å²) in [6.45, 7) is 5.19. The van der Waals surface area contributed by atoms with E-state index >= 15 is 0 Å². The van der Waals surface area contributed by atoms with Gasteiger partial charge in [0.2, 0.25) is 0 Å². The molecular weight excluding hydrogens is 408 g/mol. The highest BCUT2D eigenvalue weighted by Crippen LogP contribution is 2.37. The lowest BCUT2D eigenvalue weighted by atomic mass is 10.2. The van der Waals surface area contributed by atoms with Gasteiger partial charge in [0.1, 0.15) is 12.1 Å². The van der Waals surface area contributed by atoms with Crippen LogP contribution in [0.15, 0.2) is 53.4 Å². The Morgan fingerprint density at radius 3 is 2.88 bits per heavy atom. The Kier molecular flexibility index (Phi) is 6.04. The first kappa shape index (κ1) is 20.5. The molecule has 1 fully saturated rings. The molecule has 2 aromatic rings. The van der Waals surface area contributed by atoms with Gasteiger partial charge < -0.3 is 23.9 Å². The molecule has 0 radical (unpaired) electrons. The van der Waals surface area contributed by atoms with E-state index in [0.717, 1.165) is 67.2 Å². The van der Waals surface area contributed by atoms with Crippen molar-refractivity contribution in [1.82, 2.24) is 14.9 Å². The van der Waals surface area contributed by atoms with Crippen molar-refractivity contribution in [3.05, 3.63) is 49.0 Å². The van der Waals surface area contributed by atoms with E-state index < -0.39 is 0 Å². The van der Waals surface area contributed by atoms with Crippen molar-refractivity contribution in [2.75, 3.05) is 51.9 Å². The minimum absolute atomic E-state index is 0.608. The molecule has 3 aliphatic rings. The number of nitrogens with one attached hydrogen (secondary N) is 1. The smallest absolute Gasteiger partial charge is 0.163 e. The molecule has 1 saturated heterocycles. The minimum atomic E-state index is 0.608. The molecule has 32 heavy (non-hydrogen) atoms. The SMILES string of the molecule is COc1cc2c(Nc3ccc4cccoc3-4)ncnc2cc1OCCCN1CCOCC1. The quantitative estimate of drug-likeness (QED) is 0.414. The van der Waals surface area contributed by atoms with Crippen LogP contribution in [0.5, 0.6) is 11.5 Å². The second-order valence-electron chi connectivity index (χ2n) is 7.67. The highest BCUT2D eigenvalue weighted by molar-refractivity contribution is 5.94. The number of ether oxygens (including phenoxy) is 3. The molecule has 8 heteroatoms. The van der Waals surface area contributed by atoms with Crippen molar-refractivity contribution < 1.29 is 18.6 Å². The molecule has 3 heterocycles. The molecule has 1 aliphatic carbocycles. The first-order valence-corrected chi connectivity index (χ1v) is 10.8. The maximum atomic E-state index is 6.05.